The molecule has 2 aromatic carbocycles. The normalized spacial score (nSPS) is 10.3. The highest BCUT2D eigenvalue weighted by Crippen LogP contribution is 2.25. The Morgan fingerprint density at radius 1 is 1.11 bits per heavy atom. The van der Waals surface area contributed by atoms with Crippen LogP contribution in [0.1, 0.15) is 11.1 Å². The molecule has 0 aliphatic heterocycles. The van der Waals surface area contributed by atoms with Crippen LogP contribution in [0, 0.1) is 6.92 Å². The van der Waals surface area contributed by atoms with Crippen LogP contribution in [-0.4, -0.2) is 13.1 Å². The van der Waals surface area contributed by atoms with Gasteiger partial charge >= 0.3 is 5.97 Å². The first-order chi connectivity index (χ1) is 9.08. The minimum Gasteiger partial charge on any atom is -0.469 e. The monoisotopic (exact) mass is 318 g/mol. The highest BCUT2D eigenvalue weighted by molar-refractivity contribution is 9.10. The lowest BCUT2D eigenvalue weighted by Gasteiger charge is -2.07. The Morgan fingerprint density at radius 2 is 1.79 bits per heavy atom. The van der Waals surface area contributed by atoms with E-state index in [0.29, 0.717) is 0 Å². The quantitative estimate of drug-likeness (QED) is 0.795. The number of methoxy groups -OCH3 is 1. The molecule has 0 saturated heterocycles. The van der Waals surface area contributed by atoms with E-state index < -0.39 is 0 Å². The van der Waals surface area contributed by atoms with E-state index in [0.717, 1.165) is 21.2 Å². The Hall–Kier alpha value is -1.61. The minimum absolute atomic E-state index is 0.229. The van der Waals surface area contributed by atoms with Crippen molar-refractivity contribution < 1.29 is 9.53 Å². The molecular formula is C16H15BrO2. The van der Waals surface area contributed by atoms with Crippen LogP contribution < -0.4 is 0 Å². The van der Waals surface area contributed by atoms with Crippen LogP contribution in [0.4, 0.5) is 0 Å². The van der Waals surface area contributed by atoms with E-state index in [2.05, 4.69) is 47.1 Å². The van der Waals surface area contributed by atoms with Gasteiger partial charge in [-0.1, -0.05) is 51.8 Å². The summed E-state index contributed by atoms with van der Waals surface area (Å²) < 4.78 is 5.66. The highest BCUT2D eigenvalue weighted by Gasteiger charge is 2.06. The second-order valence-electron chi connectivity index (χ2n) is 4.47. The number of hydrogen-bond acceptors (Lipinski definition) is 2. The summed E-state index contributed by atoms with van der Waals surface area (Å²) in [5, 5.41) is 0. The number of hydrogen-bond donors (Lipinski definition) is 0. The van der Waals surface area contributed by atoms with E-state index in [1.807, 2.05) is 18.2 Å². The molecule has 0 atom stereocenters. The maximum atomic E-state index is 11.3. The first-order valence-electron chi connectivity index (χ1n) is 6.02. The molecule has 19 heavy (non-hydrogen) atoms. The van der Waals surface area contributed by atoms with Gasteiger partial charge < -0.3 is 4.74 Å². The number of halogens is 1. The molecule has 0 saturated carbocycles. The van der Waals surface area contributed by atoms with E-state index in [1.54, 1.807) is 0 Å². The third kappa shape index (κ3) is 3.67. The number of benzene rings is 2. The zero-order chi connectivity index (χ0) is 13.8. The lowest BCUT2D eigenvalue weighted by Crippen LogP contribution is -2.04. The summed E-state index contributed by atoms with van der Waals surface area (Å²) in [6.45, 7) is 2.06. The molecule has 0 N–H and O–H groups in total. The Labute approximate surface area is 121 Å². The van der Waals surface area contributed by atoms with Gasteiger partial charge in [0, 0.05) is 4.47 Å². The van der Waals surface area contributed by atoms with E-state index in [1.165, 1.54) is 12.7 Å². The summed E-state index contributed by atoms with van der Waals surface area (Å²) in [7, 11) is 1.40. The van der Waals surface area contributed by atoms with E-state index in [9.17, 15) is 4.79 Å². The van der Waals surface area contributed by atoms with Crippen molar-refractivity contribution in [2.24, 2.45) is 0 Å². The average Bonchev–Trinajstić information content (AvgIpc) is 2.38. The van der Waals surface area contributed by atoms with Crippen molar-refractivity contribution in [2.45, 2.75) is 13.3 Å². The maximum Gasteiger partial charge on any atom is 0.309 e. The highest BCUT2D eigenvalue weighted by atomic mass is 79.9. The molecule has 0 spiro atoms. The second-order valence-corrected chi connectivity index (χ2v) is 5.38. The summed E-state index contributed by atoms with van der Waals surface area (Å²) in [4.78, 5) is 11.3. The number of rotatable bonds is 3. The predicted molar refractivity (Wildman–Crippen MR) is 80.0 cm³/mol. The van der Waals surface area contributed by atoms with E-state index in [-0.39, 0.29) is 12.4 Å². The SMILES string of the molecule is COC(=O)Cc1cc(Br)cc(-c2ccc(C)cc2)c1. The molecule has 2 aromatic rings. The van der Waals surface area contributed by atoms with Gasteiger partial charge in [0.1, 0.15) is 0 Å². The van der Waals surface area contributed by atoms with Crippen LogP contribution in [0.2, 0.25) is 0 Å². The lowest BCUT2D eigenvalue weighted by atomic mass is 10.0. The summed E-state index contributed by atoms with van der Waals surface area (Å²) in [5.41, 5.74) is 4.40. The van der Waals surface area contributed by atoms with Crippen molar-refractivity contribution in [3.8, 4) is 11.1 Å². The van der Waals surface area contributed by atoms with Crippen LogP contribution in [0.5, 0.6) is 0 Å². The molecule has 0 aliphatic rings. The fourth-order valence-corrected chi connectivity index (χ4v) is 2.44. The lowest BCUT2D eigenvalue weighted by molar-refractivity contribution is -0.139. The Balaban J connectivity index is 2.35. The number of ether oxygens (including phenoxy) is 1. The third-order valence-electron chi connectivity index (χ3n) is 2.92. The van der Waals surface area contributed by atoms with Gasteiger partial charge in [0.15, 0.2) is 0 Å². The molecule has 0 heterocycles. The topological polar surface area (TPSA) is 26.3 Å². The molecule has 0 fully saturated rings. The number of carbonyl (C=O) groups is 1. The third-order valence-corrected chi connectivity index (χ3v) is 3.38. The first-order valence-corrected chi connectivity index (χ1v) is 6.81. The number of carbonyl (C=O) groups excluding carboxylic acids is 1. The Morgan fingerprint density at radius 3 is 2.42 bits per heavy atom. The van der Waals surface area contributed by atoms with E-state index in [4.69, 9.17) is 4.74 Å². The summed E-state index contributed by atoms with van der Waals surface area (Å²) >= 11 is 3.48. The summed E-state index contributed by atoms with van der Waals surface area (Å²) in [6, 6.07) is 14.3. The molecular weight excluding hydrogens is 304 g/mol. The van der Waals surface area contributed by atoms with Gasteiger partial charge in [0.25, 0.3) is 0 Å². The van der Waals surface area contributed by atoms with Crippen molar-refractivity contribution in [1.29, 1.82) is 0 Å². The molecule has 0 amide bonds. The Kier molecular flexibility index (Phi) is 4.38. The molecule has 0 aliphatic carbocycles. The minimum atomic E-state index is -0.229. The molecule has 0 unspecified atom stereocenters. The van der Waals surface area contributed by atoms with Gasteiger partial charge in [-0.25, -0.2) is 0 Å². The van der Waals surface area contributed by atoms with Crippen molar-refractivity contribution in [2.75, 3.05) is 7.11 Å². The molecule has 2 rings (SSSR count). The molecule has 98 valence electrons. The van der Waals surface area contributed by atoms with E-state index >= 15 is 0 Å². The van der Waals surface area contributed by atoms with Gasteiger partial charge in [0.05, 0.1) is 13.5 Å². The average molecular weight is 319 g/mol. The van der Waals surface area contributed by atoms with Crippen molar-refractivity contribution in [1.82, 2.24) is 0 Å². The smallest absolute Gasteiger partial charge is 0.309 e. The largest absolute Gasteiger partial charge is 0.469 e. The van der Waals surface area contributed by atoms with Gasteiger partial charge in [-0.05, 0) is 35.7 Å². The van der Waals surface area contributed by atoms with Gasteiger partial charge in [-0.15, -0.1) is 0 Å². The van der Waals surface area contributed by atoms with Crippen LogP contribution in [-0.2, 0) is 16.0 Å². The fourth-order valence-electron chi connectivity index (χ4n) is 1.90. The molecule has 3 heteroatoms. The first kappa shape index (κ1) is 13.8. The van der Waals surface area contributed by atoms with Crippen molar-refractivity contribution in [3.63, 3.8) is 0 Å². The van der Waals surface area contributed by atoms with Gasteiger partial charge in [-0.2, -0.15) is 0 Å². The molecule has 0 radical (unpaired) electrons. The van der Waals surface area contributed by atoms with Crippen LogP contribution in [0.3, 0.4) is 0 Å². The Bertz CT molecular complexity index is 588. The summed E-state index contributed by atoms with van der Waals surface area (Å²) in [6.07, 6.45) is 0.287. The van der Waals surface area contributed by atoms with Crippen molar-refractivity contribution >= 4 is 21.9 Å². The molecule has 0 aromatic heterocycles. The predicted octanol–water partition coefficient (Wildman–Crippen LogP) is 4.14. The summed E-state index contributed by atoms with van der Waals surface area (Å²) in [5.74, 6) is -0.229. The van der Waals surface area contributed by atoms with Crippen LogP contribution in [0.25, 0.3) is 11.1 Å². The maximum absolute atomic E-state index is 11.3. The number of esters is 1. The zero-order valence-electron chi connectivity index (χ0n) is 10.9. The van der Waals surface area contributed by atoms with Gasteiger partial charge in [0.2, 0.25) is 0 Å². The number of aryl methyl sites for hydroxylation is 1. The standard InChI is InChI=1S/C16H15BrO2/c1-11-3-5-13(6-4-11)14-7-12(8-15(17)10-14)9-16(18)19-2/h3-8,10H,9H2,1-2H3. The van der Waals surface area contributed by atoms with Crippen LogP contribution in [0.15, 0.2) is 46.9 Å². The fraction of sp³-hybridized carbons (Fsp3) is 0.188. The second kappa shape index (κ2) is 6.02. The molecule has 2 nitrogen and oxygen atoms in total. The van der Waals surface area contributed by atoms with Crippen LogP contribution >= 0.6 is 15.9 Å². The van der Waals surface area contributed by atoms with Gasteiger partial charge in [-0.3, -0.25) is 4.79 Å². The van der Waals surface area contributed by atoms with Crippen molar-refractivity contribution in [3.05, 3.63) is 58.1 Å². The zero-order valence-corrected chi connectivity index (χ0v) is 12.5. The molecule has 0 bridgehead atoms.